The van der Waals surface area contributed by atoms with Crippen molar-refractivity contribution < 1.29 is 42.5 Å². The summed E-state index contributed by atoms with van der Waals surface area (Å²) in [5.74, 6) is 0. The van der Waals surface area contributed by atoms with Gasteiger partial charge in [-0.1, -0.05) is 101 Å². The molecule has 2 aromatic rings. The molecule has 0 saturated carbocycles. The second-order valence-electron chi connectivity index (χ2n) is 7.51. The molecular weight excluding hydrogens is 379 g/mol. The summed E-state index contributed by atoms with van der Waals surface area (Å²) in [5.41, 5.74) is 0.971. The van der Waals surface area contributed by atoms with Crippen LogP contribution in [0.2, 0.25) is 0 Å². The fourth-order valence-electron chi connectivity index (χ4n) is 3.78. The third-order valence-corrected chi connectivity index (χ3v) is 6.15. The molecule has 5 heteroatoms. The number of rotatable bonds is 13. The zero-order valence-corrected chi connectivity index (χ0v) is 20.4. The summed E-state index contributed by atoms with van der Waals surface area (Å²) < 4.78 is 34.8. The molecule has 0 heterocycles. The number of aryl methyl sites for hydroxylation is 1. The molecule has 0 spiro atoms. The summed E-state index contributed by atoms with van der Waals surface area (Å²) >= 11 is 0. The first kappa shape index (κ1) is 25.6. The topological polar surface area (TPSA) is 57.2 Å². The molecule has 0 fully saturated rings. The van der Waals surface area contributed by atoms with Crippen LogP contribution in [-0.2, 0) is 16.5 Å². The van der Waals surface area contributed by atoms with E-state index in [4.69, 9.17) is 0 Å². The summed E-state index contributed by atoms with van der Waals surface area (Å²) in [5, 5.41) is 1.44. The van der Waals surface area contributed by atoms with Crippen LogP contribution in [-0.4, -0.2) is 13.0 Å². The summed E-state index contributed by atoms with van der Waals surface area (Å²) in [7, 11) is -4.46. The van der Waals surface area contributed by atoms with Crippen LogP contribution in [0.3, 0.4) is 0 Å². The maximum Gasteiger partial charge on any atom is 1.00 e. The van der Waals surface area contributed by atoms with E-state index >= 15 is 0 Å². The molecule has 0 aliphatic carbocycles. The van der Waals surface area contributed by atoms with E-state index in [0.29, 0.717) is 5.39 Å². The summed E-state index contributed by atoms with van der Waals surface area (Å²) in [4.78, 5) is -0.0846. The third-order valence-electron chi connectivity index (χ3n) is 5.27. The first-order valence-electron chi connectivity index (χ1n) is 10.5. The van der Waals surface area contributed by atoms with Crippen LogP contribution < -0.4 is 29.6 Å². The van der Waals surface area contributed by atoms with Gasteiger partial charge in [0.25, 0.3) is 0 Å². The van der Waals surface area contributed by atoms with E-state index in [-0.39, 0.29) is 34.5 Å². The number of benzene rings is 2. The van der Waals surface area contributed by atoms with Gasteiger partial charge in [-0.05, 0) is 29.9 Å². The zero-order chi connectivity index (χ0) is 19.5. The minimum absolute atomic E-state index is 0. The van der Waals surface area contributed by atoms with Crippen molar-refractivity contribution in [1.82, 2.24) is 0 Å². The van der Waals surface area contributed by atoms with Gasteiger partial charge in [0.1, 0.15) is 10.1 Å². The van der Waals surface area contributed by atoms with Crippen molar-refractivity contribution in [2.24, 2.45) is 0 Å². The smallest absolute Gasteiger partial charge is 0.744 e. The molecule has 0 radical (unpaired) electrons. The average molecular weight is 413 g/mol. The normalized spacial score (nSPS) is 11.5. The third kappa shape index (κ3) is 8.54. The molecule has 150 valence electrons. The van der Waals surface area contributed by atoms with Gasteiger partial charge in [-0.3, -0.25) is 0 Å². The largest absolute Gasteiger partial charge is 1.00 e. The molecular formula is C23H33NaO3S. The number of hydrogen-bond acceptors (Lipinski definition) is 3. The van der Waals surface area contributed by atoms with Crippen LogP contribution in [0, 0.1) is 0 Å². The quantitative estimate of drug-likeness (QED) is 0.287. The maximum absolute atomic E-state index is 11.6. The van der Waals surface area contributed by atoms with E-state index < -0.39 is 10.1 Å². The first-order valence-corrected chi connectivity index (χ1v) is 11.9. The van der Waals surface area contributed by atoms with Crippen molar-refractivity contribution in [2.45, 2.75) is 88.9 Å². The Hall–Kier alpha value is -0.390. The van der Waals surface area contributed by atoms with E-state index in [1.807, 2.05) is 24.3 Å². The van der Waals surface area contributed by atoms with Crippen molar-refractivity contribution in [2.75, 3.05) is 0 Å². The fraction of sp³-hybridized carbons (Fsp3) is 0.565. The van der Waals surface area contributed by atoms with Gasteiger partial charge < -0.3 is 4.55 Å². The Morgan fingerprint density at radius 1 is 0.750 bits per heavy atom. The molecule has 0 aliphatic rings. The van der Waals surface area contributed by atoms with Gasteiger partial charge in [-0.2, -0.15) is 0 Å². The van der Waals surface area contributed by atoms with Gasteiger partial charge in [0.05, 0.1) is 4.90 Å². The van der Waals surface area contributed by atoms with Gasteiger partial charge in [0, 0.05) is 5.39 Å². The van der Waals surface area contributed by atoms with Crippen LogP contribution in [0.1, 0.15) is 83.1 Å². The Kier molecular flexibility index (Phi) is 12.6. The Morgan fingerprint density at radius 2 is 1.25 bits per heavy atom. The second kappa shape index (κ2) is 13.8. The Bertz CT molecular complexity index is 797. The van der Waals surface area contributed by atoms with Crippen LogP contribution in [0.25, 0.3) is 10.8 Å². The van der Waals surface area contributed by atoms with Gasteiger partial charge >= 0.3 is 29.6 Å². The van der Waals surface area contributed by atoms with Crippen molar-refractivity contribution >= 4 is 20.9 Å². The molecule has 2 aromatic carbocycles. The number of hydrogen-bond donors (Lipinski definition) is 0. The average Bonchev–Trinajstić information content (AvgIpc) is 2.65. The van der Waals surface area contributed by atoms with Crippen LogP contribution in [0.15, 0.2) is 41.3 Å². The molecule has 0 bridgehead atoms. The predicted molar refractivity (Wildman–Crippen MR) is 112 cm³/mol. The molecule has 0 aromatic heterocycles. The van der Waals surface area contributed by atoms with Crippen molar-refractivity contribution in [1.29, 1.82) is 0 Å². The fourth-order valence-corrected chi connectivity index (χ4v) is 4.52. The van der Waals surface area contributed by atoms with E-state index in [1.54, 1.807) is 6.07 Å². The standard InChI is InChI=1S/C23H34O3S.Na/c1-2-3-4-5-6-7-8-9-10-11-12-15-20-16-13-17-21-18-14-19-22(23(20)21)27(24,25)26;/h13-14,16-19H,2-12,15H2,1H3,(H,24,25,26);/q;+1/p-1. The van der Waals surface area contributed by atoms with Crippen molar-refractivity contribution in [3.8, 4) is 0 Å². The van der Waals surface area contributed by atoms with E-state index in [2.05, 4.69) is 6.92 Å². The van der Waals surface area contributed by atoms with Crippen molar-refractivity contribution in [3.05, 3.63) is 42.0 Å². The minimum atomic E-state index is -4.46. The SMILES string of the molecule is CCCCCCCCCCCCCc1cccc2cccc(S(=O)(=O)[O-])c12.[Na+]. The Morgan fingerprint density at radius 3 is 1.79 bits per heavy atom. The molecule has 2 rings (SSSR count). The first-order chi connectivity index (χ1) is 13.0. The maximum atomic E-state index is 11.6. The molecule has 0 atom stereocenters. The molecule has 28 heavy (non-hydrogen) atoms. The molecule has 0 unspecified atom stereocenters. The van der Waals surface area contributed by atoms with Crippen molar-refractivity contribution in [3.63, 3.8) is 0 Å². The predicted octanol–water partition coefficient (Wildman–Crippen LogP) is 3.60. The van der Waals surface area contributed by atoms with E-state index in [1.165, 1.54) is 63.9 Å². The van der Waals surface area contributed by atoms with Crippen LogP contribution in [0.4, 0.5) is 0 Å². The number of fused-ring (bicyclic) bond motifs is 1. The van der Waals surface area contributed by atoms with Gasteiger partial charge in [0.2, 0.25) is 0 Å². The summed E-state index contributed by atoms with van der Waals surface area (Å²) in [6.45, 7) is 2.25. The van der Waals surface area contributed by atoms with Crippen LogP contribution in [0.5, 0.6) is 0 Å². The van der Waals surface area contributed by atoms with E-state index in [9.17, 15) is 13.0 Å². The Labute approximate surface area is 193 Å². The zero-order valence-electron chi connectivity index (χ0n) is 17.6. The summed E-state index contributed by atoms with van der Waals surface area (Å²) in [6.07, 6.45) is 15.0. The summed E-state index contributed by atoms with van der Waals surface area (Å²) in [6, 6.07) is 10.7. The van der Waals surface area contributed by atoms with Gasteiger partial charge in [0.15, 0.2) is 0 Å². The molecule has 0 aliphatic heterocycles. The van der Waals surface area contributed by atoms with Crippen LogP contribution >= 0.6 is 0 Å². The monoisotopic (exact) mass is 412 g/mol. The molecule has 0 N–H and O–H groups in total. The van der Waals surface area contributed by atoms with E-state index in [0.717, 1.165) is 30.2 Å². The van der Waals surface area contributed by atoms with Gasteiger partial charge in [-0.15, -0.1) is 0 Å². The second-order valence-corrected chi connectivity index (χ2v) is 8.86. The van der Waals surface area contributed by atoms with Gasteiger partial charge in [-0.25, -0.2) is 8.42 Å². The molecule has 0 amide bonds. The molecule has 0 saturated heterocycles. The number of unbranched alkanes of at least 4 members (excludes halogenated alkanes) is 10. The Balaban J connectivity index is 0.00000392. The molecule has 3 nitrogen and oxygen atoms in total. The minimum Gasteiger partial charge on any atom is -0.744 e.